The van der Waals surface area contributed by atoms with Gasteiger partial charge in [-0.3, -0.25) is 10.6 Å². The van der Waals surface area contributed by atoms with Crippen molar-refractivity contribution < 1.29 is 13.6 Å². The maximum atomic E-state index is 13.6. The number of hydrazine groups is 1. The minimum absolute atomic E-state index is 0.0389. The van der Waals surface area contributed by atoms with E-state index in [2.05, 4.69) is 10.7 Å². The Balaban J connectivity index is 2.36. The van der Waals surface area contributed by atoms with Crippen molar-refractivity contribution in [2.24, 2.45) is 5.84 Å². The van der Waals surface area contributed by atoms with Crippen LogP contribution >= 0.6 is 11.6 Å². The minimum Gasteiger partial charge on any atom is -0.321 e. The van der Waals surface area contributed by atoms with Crippen molar-refractivity contribution in [2.45, 2.75) is 0 Å². The van der Waals surface area contributed by atoms with Gasteiger partial charge >= 0.3 is 0 Å². The molecule has 0 aliphatic carbocycles. The molecular formula is C13H10ClF2N3O. The number of para-hydroxylation sites is 2. The van der Waals surface area contributed by atoms with Gasteiger partial charge in [0.15, 0.2) is 0 Å². The highest BCUT2D eigenvalue weighted by Gasteiger charge is 2.17. The second kappa shape index (κ2) is 5.85. The summed E-state index contributed by atoms with van der Waals surface area (Å²) in [6, 6.07) is 7.81. The van der Waals surface area contributed by atoms with Crippen molar-refractivity contribution >= 4 is 28.9 Å². The van der Waals surface area contributed by atoms with Gasteiger partial charge in [0.1, 0.15) is 11.6 Å². The van der Waals surface area contributed by atoms with Gasteiger partial charge in [-0.15, -0.1) is 0 Å². The van der Waals surface area contributed by atoms with Crippen LogP contribution in [0.15, 0.2) is 36.4 Å². The van der Waals surface area contributed by atoms with Crippen LogP contribution in [0.3, 0.4) is 0 Å². The van der Waals surface area contributed by atoms with E-state index in [0.29, 0.717) is 0 Å². The maximum Gasteiger partial charge on any atom is 0.258 e. The molecule has 4 nitrogen and oxygen atoms in total. The second-order valence-electron chi connectivity index (χ2n) is 3.86. The van der Waals surface area contributed by atoms with Crippen molar-refractivity contribution in [3.63, 3.8) is 0 Å². The SMILES string of the molecule is NNc1c(F)cccc1C(=O)Nc1c(F)cccc1Cl. The Morgan fingerprint density at radius 3 is 2.25 bits per heavy atom. The third kappa shape index (κ3) is 2.71. The molecule has 7 heteroatoms. The van der Waals surface area contributed by atoms with Crippen molar-refractivity contribution in [2.75, 3.05) is 10.7 Å². The van der Waals surface area contributed by atoms with Crippen molar-refractivity contribution in [1.82, 2.24) is 0 Å². The van der Waals surface area contributed by atoms with Crippen LogP contribution in [-0.2, 0) is 0 Å². The zero-order chi connectivity index (χ0) is 14.7. The minimum atomic E-state index is -0.732. The summed E-state index contributed by atoms with van der Waals surface area (Å²) in [5.41, 5.74) is 1.68. The topological polar surface area (TPSA) is 67.1 Å². The number of hydrogen-bond acceptors (Lipinski definition) is 3. The van der Waals surface area contributed by atoms with Gasteiger partial charge in [-0.05, 0) is 24.3 Å². The molecule has 20 heavy (non-hydrogen) atoms. The summed E-state index contributed by atoms with van der Waals surface area (Å²) < 4.78 is 27.1. The molecule has 2 rings (SSSR count). The van der Waals surface area contributed by atoms with Gasteiger partial charge < -0.3 is 10.7 Å². The molecule has 0 unspecified atom stereocenters. The van der Waals surface area contributed by atoms with E-state index in [0.717, 1.165) is 12.1 Å². The van der Waals surface area contributed by atoms with Gasteiger partial charge in [0.2, 0.25) is 0 Å². The Kier molecular flexibility index (Phi) is 4.16. The predicted molar refractivity (Wildman–Crippen MR) is 73.6 cm³/mol. The van der Waals surface area contributed by atoms with Crippen molar-refractivity contribution in [3.05, 3.63) is 58.6 Å². The van der Waals surface area contributed by atoms with Crippen LogP contribution in [0, 0.1) is 11.6 Å². The van der Waals surface area contributed by atoms with E-state index in [9.17, 15) is 13.6 Å². The first-order valence-electron chi connectivity index (χ1n) is 5.55. The fourth-order valence-corrected chi connectivity index (χ4v) is 1.87. The zero-order valence-corrected chi connectivity index (χ0v) is 10.8. The summed E-state index contributed by atoms with van der Waals surface area (Å²) in [7, 11) is 0. The normalized spacial score (nSPS) is 10.2. The molecule has 0 heterocycles. The van der Waals surface area contributed by atoms with Crippen LogP contribution in [0.4, 0.5) is 20.2 Å². The molecule has 0 aromatic heterocycles. The van der Waals surface area contributed by atoms with Gasteiger partial charge in [-0.2, -0.15) is 0 Å². The quantitative estimate of drug-likeness (QED) is 0.602. The molecule has 104 valence electrons. The molecule has 0 bridgehead atoms. The van der Waals surface area contributed by atoms with Gasteiger partial charge in [-0.25, -0.2) is 8.78 Å². The number of nitrogens with two attached hydrogens (primary N) is 1. The summed E-state index contributed by atoms with van der Waals surface area (Å²) in [4.78, 5) is 12.1. The van der Waals surface area contributed by atoms with Gasteiger partial charge in [0.25, 0.3) is 5.91 Å². The molecule has 0 aliphatic heterocycles. The number of hydrogen-bond donors (Lipinski definition) is 3. The Bertz CT molecular complexity index is 644. The molecule has 4 N–H and O–H groups in total. The molecule has 0 saturated carbocycles. The van der Waals surface area contributed by atoms with Crippen LogP contribution in [0.1, 0.15) is 10.4 Å². The molecule has 1 amide bonds. The van der Waals surface area contributed by atoms with Gasteiger partial charge in [-0.1, -0.05) is 23.7 Å². The zero-order valence-electron chi connectivity index (χ0n) is 10.1. The lowest BCUT2D eigenvalue weighted by atomic mass is 10.1. The average molecular weight is 298 g/mol. The number of carbonyl (C=O) groups is 1. The number of benzene rings is 2. The molecule has 0 atom stereocenters. The second-order valence-corrected chi connectivity index (χ2v) is 4.26. The first-order valence-corrected chi connectivity index (χ1v) is 5.93. The number of nitrogens with one attached hydrogen (secondary N) is 2. The number of nitrogen functional groups attached to an aromatic ring is 1. The van der Waals surface area contributed by atoms with E-state index in [1.165, 1.54) is 24.3 Å². The molecule has 0 spiro atoms. The van der Waals surface area contributed by atoms with E-state index in [4.69, 9.17) is 17.4 Å². The number of halogens is 3. The highest BCUT2D eigenvalue weighted by molar-refractivity contribution is 6.34. The van der Waals surface area contributed by atoms with Crippen LogP contribution in [0.5, 0.6) is 0 Å². The monoisotopic (exact) mass is 297 g/mol. The van der Waals surface area contributed by atoms with Gasteiger partial charge in [0, 0.05) is 0 Å². The Morgan fingerprint density at radius 2 is 1.65 bits per heavy atom. The first kappa shape index (κ1) is 14.2. The third-order valence-electron chi connectivity index (χ3n) is 2.60. The summed E-state index contributed by atoms with van der Waals surface area (Å²) >= 11 is 5.80. The lowest BCUT2D eigenvalue weighted by Gasteiger charge is -2.11. The predicted octanol–water partition coefficient (Wildman–Crippen LogP) is 3.16. The molecule has 0 aliphatic rings. The van der Waals surface area contributed by atoms with E-state index in [1.54, 1.807) is 0 Å². The molecule has 2 aromatic carbocycles. The first-order chi connectivity index (χ1) is 9.54. The molecule has 0 fully saturated rings. The van der Waals surface area contributed by atoms with E-state index >= 15 is 0 Å². The Morgan fingerprint density at radius 1 is 1.05 bits per heavy atom. The molecule has 0 radical (unpaired) electrons. The van der Waals surface area contributed by atoms with Crippen LogP contribution < -0.4 is 16.6 Å². The highest BCUT2D eigenvalue weighted by Crippen LogP contribution is 2.26. The Hall–Kier alpha value is -2.18. The number of anilines is 2. The van der Waals surface area contributed by atoms with Gasteiger partial charge in [0.05, 0.1) is 22.0 Å². The van der Waals surface area contributed by atoms with Crippen LogP contribution in [-0.4, -0.2) is 5.91 Å². The van der Waals surface area contributed by atoms with Crippen LogP contribution in [0.25, 0.3) is 0 Å². The fraction of sp³-hybridized carbons (Fsp3) is 0. The fourth-order valence-electron chi connectivity index (χ4n) is 1.66. The maximum absolute atomic E-state index is 13.6. The summed E-state index contributed by atoms with van der Waals surface area (Å²) in [6.45, 7) is 0. The number of amides is 1. The lowest BCUT2D eigenvalue weighted by Crippen LogP contribution is -2.19. The van der Waals surface area contributed by atoms with Crippen molar-refractivity contribution in [3.8, 4) is 0 Å². The van der Waals surface area contributed by atoms with E-state index in [1.807, 2.05) is 0 Å². The lowest BCUT2D eigenvalue weighted by molar-refractivity contribution is 0.102. The summed E-state index contributed by atoms with van der Waals surface area (Å²) in [6.07, 6.45) is 0. The largest absolute Gasteiger partial charge is 0.321 e. The molecule has 2 aromatic rings. The van der Waals surface area contributed by atoms with Crippen molar-refractivity contribution in [1.29, 1.82) is 0 Å². The van der Waals surface area contributed by atoms with E-state index < -0.39 is 17.5 Å². The molecule has 0 saturated heterocycles. The highest BCUT2D eigenvalue weighted by atomic mass is 35.5. The smallest absolute Gasteiger partial charge is 0.258 e. The summed E-state index contributed by atoms with van der Waals surface area (Å²) in [5.74, 6) is 3.06. The molecular weight excluding hydrogens is 288 g/mol. The average Bonchev–Trinajstić information content (AvgIpc) is 2.42. The standard InChI is InChI=1S/C13H10ClF2N3O/c14-8-4-2-6-10(16)12(8)18-13(20)7-3-1-5-9(15)11(7)19-17/h1-6,19H,17H2,(H,18,20). The summed E-state index contributed by atoms with van der Waals surface area (Å²) in [5, 5.41) is 2.33. The number of carbonyl (C=O) groups excluding carboxylic acids is 1. The third-order valence-corrected chi connectivity index (χ3v) is 2.92. The van der Waals surface area contributed by atoms with E-state index in [-0.39, 0.29) is 22.0 Å². The number of rotatable bonds is 3. The van der Waals surface area contributed by atoms with Crippen LogP contribution in [0.2, 0.25) is 5.02 Å². The Labute approximate surface area is 118 Å².